The van der Waals surface area contributed by atoms with E-state index in [1.807, 2.05) is 25.9 Å². The van der Waals surface area contributed by atoms with Crippen molar-refractivity contribution in [1.29, 1.82) is 0 Å². The molecule has 0 radical (unpaired) electrons. The summed E-state index contributed by atoms with van der Waals surface area (Å²) in [6, 6.07) is 4.96. The second kappa shape index (κ2) is 6.13. The van der Waals surface area contributed by atoms with E-state index in [0.717, 1.165) is 17.7 Å². The summed E-state index contributed by atoms with van der Waals surface area (Å²) < 4.78 is 0. The van der Waals surface area contributed by atoms with E-state index in [9.17, 15) is 9.59 Å². The van der Waals surface area contributed by atoms with Crippen molar-refractivity contribution in [2.24, 2.45) is 0 Å². The van der Waals surface area contributed by atoms with E-state index in [-0.39, 0.29) is 17.6 Å². The van der Waals surface area contributed by atoms with Gasteiger partial charge in [-0.1, -0.05) is 6.07 Å². The zero-order valence-corrected chi connectivity index (χ0v) is 12.6. The molecule has 1 aromatic rings. The van der Waals surface area contributed by atoms with Gasteiger partial charge < -0.3 is 20.2 Å². The maximum absolute atomic E-state index is 12.2. The van der Waals surface area contributed by atoms with Crippen LogP contribution in [0.5, 0.6) is 0 Å². The third-order valence-electron chi connectivity index (χ3n) is 3.47. The fraction of sp³-hybridized carbons (Fsp3) is 0.467. The van der Waals surface area contributed by atoms with Crippen LogP contribution >= 0.6 is 0 Å². The molecule has 0 bridgehead atoms. The van der Waals surface area contributed by atoms with Crippen LogP contribution < -0.4 is 5.32 Å². The van der Waals surface area contributed by atoms with E-state index < -0.39 is 5.97 Å². The molecule has 1 unspecified atom stereocenters. The monoisotopic (exact) mass is 291 g/mol. The Morgan fingerprint density at radius 3 is 2.62 bits per heavy atom. The molecule has 2 N–H and O–H groups in total. The van der Waals surface area contributed by atoms with Crippen molar-refractivity contribution in [3.8, 4) is 0 Å². The number of urea groups is 1. The quantitative estimate of drug-likeness (QED) is 0.878. The SMILES string of the molecule is CC(CN(C)C)NC(=O)N1Cc2ccc(C(=O)O)cc2C1. The van der Waals surface area contributed by atoms with Gasteiger partial charge in [0.25, 0.3) is 0 Å². The Morgan fingerprint density at radius 2 is 2.00 bits per heavy atom. The van der Waals surface area contributed by atoms with Crippen molar-refractivity contribution >= 4 is 12.0 Å². The van der Waals surface area contributed by atoms with Crippen LogP contribution in [0.2, 0.25) is 0 Å². The summed E-state index contributed by atoms with van der Waals surface area (Å²) in [5.74, 6) is -0.944. The van der Waals surface area contributed by atoms with Gasteiger partial charge in [0.1, 0.15) is 0 Å². The number of benzene rings is 1. The smallest absolute Gasteiger partial charge is 0.335 e. The number of carboxylic acid groups (broad SMARTS) is 1. The number of hydrogen-bond donors (Lipinski definition) is 2. The number of likely N-dealkylation sites (N-methyl/N-ethyl adjacent to an activating group) is 1. The molecule has 2 rings (SSSR count). The molecule has 6 nitrogen and oxygen atoms in total. The molecule has 2 amide bonds. The van der Waals surface area contributed by atoms with Crippen LogP contribution in [0.1, 0.15) is 28.4 Å². The summed E-state index contributed by atoms with van der Waals surface area (Å²) in [7, 11) is 3.92. The highest BCUT2D eigenvalue weighted by molar-refractivity contribution is 5.88. The normalized spacial score (nSPS) is 15.0. The molecule has 0 aromatic heterocycles. The molecule has 0 aliphatic carbocycles. The van der Waals surface area contributed by atoms with Gasteiger partial charge in [-0.3, -0.25) is 0 Å². The Balaban J connectivity index is 1.99. The largest absolute Gasteiger partial charge is 0.478 e. The van der Waals surface area contributed by atoms with Gasteiger partial charge >= 0.3 is 12.0 Å². The number of aromatic carboxylic acids is 1. The Bertz CT molecular complexity index is 557. The Labute approximate surface area is 124 Å². The molecular formula is C15H21N3O3. The van der Waals surface area contributed by atoms with Crippen LogP contribution in [0.3, 0.4) is 0 Å². The van der Waals surface area contributed by atoms with E-state index in [4.69, 9.17) is 5.11 Å². The van der Waals surface area contributed by atoms with E-state index in [0.29, 0.717) is 13.1 Å². The van der Waals surface area contributed by atoms with Gasteiger partial charge in [-0.05, 0) is 44.3 Å². The minimum atomic E-state index is -0.944. The van der Waals surface area contributed by atoms with Gasteiger partial charge in [-0.2, -0.15) is 0 Å². The minimum absolute atomic E-state index is 0.0609. The minimum Gasteiger partial charge on any atom is -0.478 e. The van der Waals surface area contributed by atoms with Crippen molar-refractivity contribution in [3.63, 3.8) is 0 Å². The van der Waals surface area contributed by atoms with Crippen LogP contribution in [0, 0.1) is 0 Å². The van der Waals surface area contributed by atoms with Gasteiger partial charge in [0, 0.05) is 25.7 Å². The van der Waals surface area contributed by atoms with Crippen LogP contribution in [-0.2, 0) is 13.1 Å². The van der Waals surface area contributed by atoms with E-state index in [1.165, 1.54) is 0 Å². The lowest BCUT2D eigenvalue weighted by Crippen LogP contribution is -2.45. The molecule has 1 heterocycles. The number of rotatable bonds is 4. The first-order chi connectivity index (χ1) is 9.86. The van der Waals surface area contributed by atoms with Gasteiger partial charge in [0.2, 0.25) is 0 Å². The predicted molar refractivity (Wildman–Crippen MR) is 79.2 cm³/mol. The summed E-state index contributed by atoms with van der Waals surface area (Å²) in [6.07, 6.45) is 0. The number of nitrogens with one attached hydrogen (secondary N) is 1. The van der Waals surface area contributed by atoms with Crippen molar-refractivity contribution < 1.29 is 14.7 Å². The standard InChI is InChI=1S/C15H21N3O3/c1-10(7-17(2)3)16-15(21)18-8-12-5-4-11(14(19)20)6-13(12)9-18/h4-6,10H,7-9H2,1-3H3,(H,16,21)(H,19,20). The third kappa shape index (κ3) is 3.72. The van der Waals surface area contributed by atoms with Gasteiger partial charge in [0.05, 0.1) is 5.56 Å². The van der Waals surface area contributed by atoms with Crippen LogP contribution in [0.15, 0.2) is 18.2 Å². The number of amides is 2. The average molecular weight is 291 g/mol. The van der Waals surface area contributed by atoms with E-state index in [2.05, 4.69) is 5.32 Å². The Kier molecular flexibility index (Phi) is 4.47. The zero-order chi connectivity index (χ0) is 15.6. The second-order valence-electron chi connectivity index (χ2n) is 5.76. The summed E-state index contributed by atoms with van der Waals surface area (Å²) in [5, 5.41) is 12.0. The average Bonchev–Trinajstić information content (AvgIpc) is 2.80. The molecule has 0 saturated carbocycles. The molecule has 0 fully saturated rings. The first-order valence-corrected chi connectivity index (χ1v) is 6.92. The summed E-state index contributed by atoms with van der Waals surface area (Å²) in [4.78, 5) is 26.9. The number of carbonyl (C=O) groups is 2. The molecule has 1 aliphatic rings. The lowest BCUT2D eigenvalue weighted by atomic mass is 10.1. The molecular weight excluding hydrogens is 270 g/mol. The highest BCUT2D eigenvalue weighted by Gasteiger charge is 2.25. The first-order valence-electron chi connectivity index (χ1n) is 6.92. The van der Waals surface area contributed by atoms with Crippen LogP contribution in [-0.4, -0.2) is 53.6 Å². The van der Waals surface area contributed by atoms with Crippen LogP contribution in [0.4, 0.5) is 4.79 Å². The van der Waals surface area contributed by atoms with Gasteiger partial charge in [-0.25, -0.2) is 9.59 Å². The van der Waals surface area contributed by atoms with Crippen molar-refractivity contribution in [2.45, 2.75) is 26.1 Å². The first kappa shape index (κ1) is 15.3. The van der Waals surface area contributed by atoms with Crippen molar-refractivity contribution in [2.75, 3.05) is 20.6 Å². The maximum atomic E-state index is 12.2. The predicted octanol–water partition coefficient (Wildman–Crippen LogP) is 1.36. The zero-order valence-electron chi connectivity index (χ0n) is 12.6. The number of carbonyl (C=O) groups excluding carboxylic acids is 1. The molecule has 114 valence electrons. The van der Waals surface area contributed by atoms with Gasteiger partial charge in [-0.15, -0.1) is 0 Å². The molecule has 0 saturated heterocycles. The van der Waals surface area contributed by atoms with E-state index in [1.54, 1.807) is 23.1 Å². The summed E-state index contributed by atoms with van der Waals surface area (Å²) in [5.41, 5.74) is 2.18. The topological polar surface area (TPSA) is 72.9 Å². The maximum Gasteiger partial charge on any atom is 0.335 e. The number of fused-ring (bicyclic) bond motifs is 1. The fourth-order valence-electron chi connectivity index (χ4n) is 2.57. The van der Waals surface area contributed by atoms with Crippen LogP contribution in [0.25, 0.3) is 0 Å². The van der Waals surface area contributed by atoms with Crippen molar-refractivity contribution in [3.05, 3.63) is 34.9 Å². The number of hydrogen-bond acceptors (Lipinski definition) is 3. The summed E-state index contributed by atoms with van der Waals surface area (Å²) >= 11 is 0. The molecule has 1 aromatic carbocycles. The fourth-order valence-corrected chi connectivity index (χ4v) is 2.57. The molecule has 0 spiro atoms. The molecule has 21 heavy (non-hydrogen) atoms. The number of carboxylic acids is 1. The lowest BCUT2D eigenvalue weighted by molar-refractivity contribution is 0.0696. The van der Waals surface area contributed by atoms with E-state index >= 15 is 0 Å². The third-order valence-corrected chi connectivity index (χ3v) is 3.47. The molecule has 1 aliphatic heterocycles. The molecule has 1 atom stereocenters. The Morgan fingerprint density at radius 1 is 1.33 bits per heavy atom. The highest BCUT2D eigenvalue weighted by Crippen LogP contribution is 2.24. The highest BCUT2D eigenvalue weighted by atomic mass is 16.4. The number of nitrogens with zero attached hydrogens (tertiary/aromatic N) is 2. The van der Waals surface area contributed by atoms with Gasteiger partial charge in [0.15, 0.2) is 0 Å². The van der Waals surface area contributed by atoms with Crippen molar-refractivity contribution in [1.82, 2.24) is 15.1 Å². The molecule has 6 heteroatoms. The summed E-state index contributed by atoms with van der Waals surface area (Å²) in [6.45, 7) is 3.71. The second-order valence-corrected chi connectivity index (χ2v) is 5.76. The Hall–Kier alpha value is -2.08. The lowest BCUT2D eigenvalue weighted by Gasteiger charge is -2.22.